The molecule has 0 saturated heterocycles. The molecule has 0 radical (unpaired) electrons. The summed E-state index contributed by atoms with van der Waals surface area (Å²) < 4.78 is 11.7. The van der Waals surface area contributed by atoms with E-state index in [2.05, 4.69) is 10.9 Å². The Hall–Kier alpha value is -6.62. The van der Waals surface area contributed by atoms with E-state index in [4.69, 9.17) is 20.9 Å². The lowest BCUT2D eigenvalue weighted by atomic mass is 9.99. The maximum atomic E-state index is 14.2. The van der Waals surface area contributed by atoms with Crippen molar-refractivity contribution in [3.05, 3.63) is 179 Å². The van der Waals surface area contributed by atoms with Crippen LogP contribution in [0, 0.1) is 0 Å². The molecular weight excluding hydrogens is 887 g/mol. The van der Waals surface area contributed by atoms with Gasteiger partial charge < -0.3 is 31.2 Å². The number of rotatable bonds is 24. The second-order valence-corrected chi connectivity index (χ2v) is 19.6. The van der Waals surface area contributed by atoms with Crippen LogP contribution < -0.4 is 22.3 Å². The molecule has 0 bridgehead atoms. The van der Waals surface area contributed by atoms with Gasteiger partial charge in [-0.15, -0.1) is 0 Å². The van der Waals surface area contributed by atoms with Crippen LogP contribution in [0.3, 0.4) is 0 Å². The van der Waals surface area contributed by atoms with E-state index < -0.39 is 71.6 Å². The monoisotopic (exact) mass is 958 g/mol. The Balaban J connectivity index is 1.54. The van der Waals surface area contributed by atoms with Crippen LogP contribution in [0.15, 0.2) is 152 Å². The first-order valence-electron chi connectivity index (χ1n) is 23.7. The van der Waals surface area contributed by atoms with Gasteiger partial charge in [0.2, 0.25) is 11.8 Å². The number of aliphatic hydroxyl groups is 2. The van der Waals surface area contributed by atoms with E-state index in [0.29, 0.717) is 0 Å². The molecule has 0 aliphatic rings. The number of aliphatic hydroxyl groups excluding tert-OH is 2. The number of amides is 4. The predicted molar refractivity (Wildman–Crippen MR) is 270 cm³/mol. The number of nitrogens with zero attached hydrogens (tertiary/aromatic N) is 3. The Morgan fingerprint density at radius 3 is 1.01 bits per heavy atom. The summed E-state index contributed by atoms with van der Waals surface area (Å²) in [6, 6.07) is 42.3. The Bertz CT molecular complexity index is 2220. The number of ether oxygens (including phenoxy) is 2. The molecule has 5 aromatic rings. The molecule has 15 heteroatoms. The smallest absolute Gasteiger partial charge is 0.425 e. The molecule has 70 heavy (non-hydrogen) atoms. The zero-order valence-electron chi connectivity index (χ0n) is 41.2. The lowest BCUT2D eigenvalue weighted by molar-refractivity contribution is -0.125. The van der Waals surface area contributed by atoms with Gasteiger partial charge in [0.05, 0.1) is 24.3 Å². The van der Waals surface area contributed by atoms with Crippen LogP contribution >= 0.6 is 0 Å². The molecule has 5 rings (SSSR count). The zero-order chi connectivity index (χ0) is 50.8. The highest BCUT2D eigenvalue weighted by Gasteiger charge is 2.38. The van der Waals surface area contributed by atoms with Crippen LogP contribution in [0.2, 0.25) is 0 Å². The van der Waals surface area contributed by atoms with Crippen molar-refractivity contribution in [2.24, 2.45) is 11.5 Å². The fraction of sp³-hybridized carbons (Fsp3) is 0.382. The standard InChI is InChI=1S/C55H71N7O8/c1-54(2,3)69-52(67)61(46(50(56)65)34-41-26-16-9-17-27-41)58-44(32-39-22-12-7-13-23-39)48(63)37-60(36-43-30-20-11-21-31-43)38-49(64)45(33-40-24-14-8-15-25-40)59-62(53(68)70-55(4,5)6)47(51(57)66)35-42-28-18-10-19-29-42/h7-31,44-49,58-59,63-64H,32-38H2,1-6H3,(H2,56,65)(H2,57,66)/t44?,45?,46-,47-,48-,49?/m0/s1. The molecule has 5 aromatic carbocycles. The summed E-state index contributed by atoms with van der Waals surface area (Å²) in [6.45, 7) is 10.4. The Labute approximate surface area is 412 Å². The molecule has 3 unspecified atom stereocenters. The summed E-state index contributed by atoms with van der Waals surface area (Å²) in [5.74, 6) is -1.58. The number of hydrazine groups is 2. The Morgan fingerprint density at radius 1 is 0.471 bits per heavy atom. The molecule has 4 amide bonds. The third-order valence-electron chi connectivity index (χ3n) is 11.3. The third-order valence-corrected chi connectivity index (χ3v) is 11.3. The highest BCUT2D eigenvalue weighted by atomic mass is 16.6. The van der Waals surface area contributed by atoms with Gasteiger partial charge in [-0.05, 0) is 82.2 Å². The first kappa shape index (κ1) is 54.3. The molecule has 0 fully saturated rings. The number of hydrogen-bond donors (Lipinski definition) is 6. The summed E-state index contributed by atoms with van der Waals surface area (Å²) in [5.41, 5.74) is 20.7. The summed E-state index contributed by atoms with van der Waals surface area (Å²) in [6.07, 6.45) is -3.76. The number of nitrogens with two attached hydrogens (primary N) is 2. The van der Waals surface area contributed by atoms with Crippen molar-refractivity contribution in [2.75, 3.05) is 13.1 Å². The Morgan fingerprint density at radius 2 is 0.743 bits per heavy atom. The van der Waals surface area contributed by atoms with Crippen LogP contribution in [0.25, 0.3) is 0 Å². The first-order chi connectivity index (χ1) is 33.2. The van der Waals surface area contributed by atoms with Crippen molar-refractivity contribution in [1.29, 1.82) is 0 Å². The van der Waals surface area contributed by atoms with Crippen molar-refractivity contribution in [3.63, 3.8) is 0 Å². The number of primary amides is 2. The lowest BCUT2D eigenvalue weighted by Gasteiger charge is -2.39. The third kappa shape index (κ3) is 18.0. The van der Waals surface area contributed by atoms with Crippen LogP contribution in [-0.2, 0) is 51.3 Å². The summed E-state index contributed by atoms with van der Waals surface area (Å²) in [5, 5.41) is 27.3. The van der Waals surface area contributed by atoms with E-state index in [1.54, 1.807) is 41.5 Å². The van der Waals surface area contributed by atoms with Crippen molar-refractivity contribution < 1.29 is 38.9 Å². The molecule has 6 atom stereocenters. The first-order valence-corrected chi connectivity index (χ1v) is 23.7. The van der Waals surface area contributed by atoms with E-state index in [9.17, 15) is 29.4 Å². The minimum absolute atomic E-state index is 0.0565. The van der Waals surface area contributed by atoms with E-state index in [1.165, 1.54) is 0 Å². The number of hydrogen-bond acceptors (Lipinski definition) is 11. The number of carbonyl (C=O) groups excluding carboxylic acids is 4. The molecule has 0 aliphatic heterocycles. The largest absolute Gasteiger partial charge is 0.443 e. The maximum Gasteiger partial charge on any atom is 0.425 e. The van der Waals surface area contributed by atoms with Gasteiger partial charge in [0.15, 0.2) is 0 Å². The lowest BCUT2D eigenvalue weighted by Crippen LogP contribution is -2.63. The fourth-order valence-corrected chi connectivity index (χ4v) is 7.93. The van der Waals surface area contributed by atoms with E-state index >= 15 is 0 Å². The summed E-state index contributed by atoms with van der Waals surface area (Å²) in [4.78, 5) is 56.9. The molecule has 0 heterocycles. The van der Waals surface area contributed by atoms with E-state index in [1.807, 2.05) is 157 Å². The molecule has 8 N–H and O–H groups in total. The van der Waals surface area contributed by atoms with Crippen molar-refractivity contribution >= 4 is 24.0 Å². The minimum Gasteiger partial charge on any atom is -0.443 e. The van der Waals surface area contributed by atoms with Crippen molar-refractivity contribution in [3.8, 4) is 0 Å². The topological polar surface area (TPSA) is 213 Å². The highest BCUT2D eigenvalue weighted by molar-refractivity contribution is 5.85. The van der Waals surface area contributed by atoms with Crippen LogP contribution in [0.5, 0.6) is 0 Å². The van der Waals surface area contributed by atoms with Crippen LogP contribution in [0.1, 0.15) is 69.4 Å². The maximum absolute atomic E-state index is 14.2. The Kier molecular flexibility index (Phi) is 20.0. The van der Waals surface area contributed by atoms with Gasteiger partial charge in [0.1, 0.15) is 23.3 Å². The van der Waals surface area contributed by atoms with Crippen LogP contribution in [0.4, 0.5) is 9.59 Å². The van der Waals surface area contributed by atoms with E-state index in [0.717, 1.165) is 37.8 Å². The van der Waals surface area contributed by atoms with Crippen molar-refractivity contribution in [1.82, 2.24) is 25.8 Å². The van der Waals surface area contributed by atoms with Gasteiger partial charge in [-0.3, -0.25) is 14.5 Å². The molecular formula is C55H71N7O8. The van der Waals surface area contributed by atoms with Crippen molar-refractivity contribution in [2.45, 2.75) is 121 Å². The predicted octanol–water partition coefficient (Wildman–Crippen LogP) is 6.11. The number of nitrogens with one attached hydrogen (secondary N) is 2. The molecule has 0 aromatic heterocycles. The summed E-state index contributed by atoms with van der Waals surface area (Å²) >= 11 is 0. The van der Waals surface area contributed by atoms with Gasteiger partial charge >= 0.3 is 12.2 Å². The fourth-order valence-electron chi connectivity index (χ4n) is 7.93. The molecule has 0 saturated carbocycles. The quantitative estimate of drug-likeness (QED) is 0.0389. The molecule has 0 aliphatic carbocycles. The van der Waals surface area contributed by atoms with Gasteiger partial charge in [-0.1, -0.05) is 152 Å². The van der Waals surface area contributed by atoms with Crippen LogP contribution in [-0.4, -0.2) is 110 Å². The highest BCUT2D eigenvalue weighted by Crippen LogP contribution is 2.21. The molecule has 15 nitrogen and oxygen atoms in total. The molecule has 0 spiro atoms. The normalized spacial score (nSPS) is 14.4. The summed E-state index contributed by atoms with van der Waals surface area (Å²) in [7, 11) is 0. The van der Waals surface area contributed by atoms with Gasteiger partial charge in [0, 0.05) is 32.5 Å². The van der Waals surface area contributed by atoms with Gasteiger partial charge in [0.25, 0.3) is 0 Å². The van der Waals surface area contributed by atoms with Gasteiger partial charge in [-0.25, -0.2) is 30.5 Å². The SMILES string of the molecule is CC(C)(C)OC(=O)N(NC(Cc1ccccc1)C(O)CN(Cc1ccccc1)C[C@H](O)C(Cc1ccccc1)NN(C(=O)OC(C)(C)C)[C@@H](Cc1ccccc1)C(N)=O)[C@@H](Cc1ccccc1)C(N)=O. The average molecular weight is 958 g/mol. The van der Waals surface area contributed by atoms with Gasteiger partial charge in [-0.2, -0.15) is 0 Å². The molecule has 374 valence electrons. The second kappa shape index (κ2) is 25.8. The zero-order valence-corrected chi connectivity index (χ0v) is 41.2. The minimum atomic E-state index is -1.27. The second-order valence-electron chi connectivity index (χ2n) is 19.6. The number of benzene rings is 5. The van der Waals surface area contributed by atoms with E-state index in [-0.39, 0.29) is 45.3 Å². The number of carbonyl (C=O) groups is 4. The average Bonchev–Trinajstić information content (AvgIpc) is 3.30.